The molecule has 0 spiro atoms. The average Bonchev–Trinajstić information content (AvgIpc) is 2.47. The van der Waals surface area contributed by atoms with Gasteiger partial charge in [0.1, 0.15) is 5.75 Å². The summed E-state index contributed by atoms with van der Waals surface area (Å²) in [6.45, 7) is 1.92. The predicted molar refractivity (Wildman–Crippen MR) is 80.8 cm³/mol. The third kappa shape index (κ3) is 3.36. The molecular weight excluding hydrogens is 320 g/mol. The second kappa shape index (κ2) is 6.52. The molecule has 0 fully saturated rings. The van der Waals surface area contributed by atoms with Crippen LogP contribution in [0.5, 0.6) is 5.75 Å². The molecule has 0 aliphatic heterocycles. The smallest absolute Gasteiger partial charge is 0.253 e. The number of methoxy groups -OCH3 is 1. The number of para-hydroxylation sites is 1. The number of rotatable bonds is 4. The van der Waals surface area contributed by atoms with E-state index in [9.17, 15) is 4.79 Å². The highest BCUT2D eigenvalue weighted by atomic mass is 79.9. The van der Waals surface area contributed by atoms with Gasteiger partial charge in [-0.05, 0) is 35.0 Å². The lowest BCUT2D eigenvalue weighted by Crippen LogP contribution is -2.27. The first-order chi connectivity index (χ1) is 9.61. The number of carbonyl (C=O) groups is 1. The van der Waals surface area contributed by atoms with Crippen LogP contribution in [0, 0.1) is 0 Å². The fourth-order valence-electron chi connectivity index (χ4n) is 1.92. The number of ether oxygens (including phenoxy) is 1. The molecule has 1 amide bonds. The largest absolute Gasteiger partial charge is 0.496 e. The van der Waals surface area contributed by atoms with Crippen molar-refractivity contribution in [3.8, 4) is 5.75 Å². The Labute approximate surface area is 126 Å². The topological polar surface area (TPSA) is 51.2 Å². The van der Waals surface area contributed by atoms with Crippen LogP contribution in [-0.2, 0) is 0 Å². The minimum absolute atomic E-state index is 0.155. The molecule has 0 saturated heterocycles. The summed E-state index contributed by atoms with van der Waals surface area (Å²) in [5, 5.41) is 2.93. The highest BCUT2D eigenvalue weighted by Gasteiger charge is 2.15. The number of hydrogen-bond acceptors (Lipinski definition) is 3. The molecule has 2 rings (SSSR count). The molecule has 0 aliphatic rings. The van der Waals surface area contributed by atoms with E-state index in [1.807, 2.05) is 31.2 Å². The van der Waals surface area contributed by atoms with Gasteiger partial charge in [-0.25, -0.2) is 0 Å². The SMILES string of the molecule is COc1ccccc1C(C)NC(=O)c1cncc(Br)c1. The van der Waals surface area contributed by atoms with Crippen molar-refractivity contribution in [2.45, 2.75) is 13.0 Å². The lowest BCUT2D eigenvalue weighted by Gasteiger charge is -2.17. The molecule has 20 heavy (non-hydrogen) atoms. The first-order valence-electron chi connectivity index (χ1n) is 6.16. The summed E-state index contributed by atoms with van der Waals surface area (Å²) >= 11 is 3.30. The monoisotopic (exact) mass is 334 g/mol. The van der Waals surface area contributed by atoms with E-state index in [4.69, 9.17) is 4.74 Å². The summed E-state index contributed by atoms with van der Waals surface area (Å²) in [5.41, 5.74) is 1.45. The Kier molecular flexibility index (Phi) is 4.74. The van der Waals surface area contributed by atoms with Crippen LogP contribution in [0.15, 0.2) is 47.2 Å². The van der Waals surface area contributed by atoms with Crippen molar-refractivity contribution in [1.82, 2.24) is 10.3 Å². The third-order valence-corrected chi connectivity index (χ3v) is 3.35. The molecule has 1 atom stereocenters. The molecule has 0 radical (unpaired) electrons. The van der Waals surface area contributed by atoms with Crippen molar-refractivity contribution in [3.05, 3.63) is 58.3 Å². The number of nitrogens with zero attached hydrogens (tertiary/aromatic N) is 1. The minimum Gasteiger partial charge on any atom is -0.496 e. The lowest BCUT2D eigenvalue weighted by molar-refractivity contribution is 0.0939. The van der Waals surface area contributed by atoms with Crippen LogP contribution >= 0.6 is 15.9 Å². The normalized spacial score (nSPS) is 11.8. The molecule has 0 aliphatic carbocycles. The van der Waals surface area contributed by atoms with E-state index in [2.05, 4.69) is 26.2 Å². The van der Waals surface area contributed by atoms with E-state index in [0.29, 0.717) is 5.56 Å². The molecule has 1 aromatic heterocycles. The van der Waals surface area contributed by atoms with Crippen LogP contribution in [-0.4, -0.2) is 18.0 Å². The second-order valence-electron chi connectivity index (χ2n) is 4.33. The van der Waals surface area contributed by atoms with Gasteiger partial charge in [0.15, 0.2) is 0 Å². The first kappa shape index (κ1) is 14.5. The fourth-order valence-corrected chi connectivity index (χ4v) is 2.28. The minimum atomic E-state index is -0.169. The van der Waals surface area contributed by atoms with Gasteiger partial charge in [-0.2, -0.15) is 0 Å². The van der Waals surface area contributed by atoms with Crippen LogP contribution < -0.4 is 10.1 Å². The van der Waals surface area contributed by atoms with Crippen molar-refractivity contribution >= 4 is 21.8 Å². The van der Waals surface area contributed by atoms with Gasteiger partial charge in [0, 0.05) is 22.4 Å². The maximum atomic E-state index is 12.2. The summed E-state index contributed by atoms with van der Waals surface area (Å²) in [6, 6.07) is 9.20. The van der Waals surface area contributed by atoms with Crippen molar-refractivity contribution in [1.29, 1.82) is 0 Å². The number of halogens is 1. The quantitative estimate of drug-likeness (QED) is 0.932. The van der Waals surface area contributed by atoms with Gasteiger partial charge in [-0.15, -0.1) is 0 Å². The van der Waals surface area contributed by atoms with Crippen LogP contribution in [0.4, 0.5) is 0 Å². The molecule has 1 aromatic carbocycles. The van der Waals surface area contributed by atoms with Crippen LogP contribution in [0.25, 0.3) is 0 Å². The van der Waals surface area contributed by atoms with Crippen molar-refractivity contribution < 1.29 is 9.53 Å². The number of pyridine rings is 1. The Balaban J connectivity index is 2.15. The summed E-state index contributed by atoms with van der Waals surface area (Å²) in [5.74, 6) is 0.588. The molecule has 1 N–H and O–H groups in total. The Hall–Kier alpha value is -1.88. The molecule has 104 valence electrons. The standard InChI is InChI=1S/C15H15BrN2O2/c1-10(13-5-3-4-6-14(13)20-2)18-15(19)11-7-12(16)9-17-8-11/h3-10H,1-2H3,(H,18,19). The van der Waals surface area contributed by atoms with Gasteiger partial charge >= 0.3 is 0 Å². The Morgan fingerprint density at radius 2 is 2.10 bits per heavy atom. The van der Waals surface area contributed by atoms with E-state index in [1.54, 1.807) is 19.4 Å². The van der Waals surface area contributed by atoms with Gasteiger partial charge < -0.3 is 10.1 Å². The van der Waals surface area contributed by atoms with Gasteiger partial charge in [-0.3, -0.25) is 9.78 Å². The van der Waals surface area contributed by atoms with E-state index in [0.717, 1.165) is 15.8 Å². The zero-order valence-corrected chi connectivity index (χ0v) is 12.8. The van der Waals surface area contributed by atoms with Gasteiger partial charge in [0.25, 0.3) is 5.91 Å². The predicted octanol–water partition coefficient (Wildman–Crippen LogP) is 3.34. The highest BCUT2D eigenvalue weighted by molar-refractivity contribution is 9.10. The number of benzene rings is 1. The van der Waals surface area contributed by atoms with Crippen LogP contribution in [0.2, 0.25) is 0 Å². The van der Waals surface area contributed by atoms with Crippen LogP contribution in [0.3, 0.4) is 0 Å². The summed E-state index contributed by atoms with van der Waals surface area (Å²) in [7, 11) is 1.62. The van der Waals surface area contributed by atoms with E-state index >= 15 is 0 Å². The van der Waals surface area contributed by atoms with Gasteiger partial charge in [-0.1, -0.05) is 18.2 Å². The average molecular weight is 335 g/mol. The van der Waals surface area contributed by atoms with Crippen LogP contribution in [0.1, 0.15) is 28.9 Å². The highest BCUT2D eigenvalue weighted by Crippen LogP contribution is 2.24. The number of hydrogen-bond donors (Lipinski definition) is 1. The summed E-state index contributed by atoms with van der Waals surface area (Å²) in [4.78, 5) is 16.2. The fraction of sp³-hybridized carbons (Fsp3) is 0.200. The molecular formula is C15H15BrN2O2. The molecule has 1 heterocycles. The van der Waals surface area contributed by atoms with E-state index in [1.165, 1.54) is 6.20 Å². The van der Waals surface area contributed by atoms with Gasteiger partial charge in [0.05, 0.1) is 18.7 Å². The van der Waals surface area contributed by atoms with Gasteiger partial charge in [0.2, 0.25) is 0 Å². The molecule has 4 nitrogen and oxygen atoms in total. The summed E-state index contributed by atoms with van der Waals surface area (Å²) in [6.07, 6.45) is 3.18. The number of carbonyl (C=O) groups excluding carboxylic acids is 1. The maximum Gasteiger partial charge on any atom is 0.253 e. The Morgan fingerprint density at radius 3 is 2.80 bits per heavy atom. The van der Waals surface area contributed by atoms with E-state index < -0.39 is 0 Å². The van der Waals surface area contributed by atoms with Crippen molar-refractivity contribution in [2.24, 2.45) is 0 Å². The Bertz CT molecular complexity index is 616. The van der Waals surface area contributed by atoms with E-state index in [-0.39, 0.29) is 11.9 Å². The summed E-state index contributed by atoms with van der Waals surface area (Å²) < 4.78 is 6.07. The Morgan fingerprint density at radius 1 is 1.35 bits per heavy atom. The molecule has 1 unspecified atom stereocenters. The second-order valence-corrected chi connectivity index (χ2v) is 5.24. The molecule has 2 aromatic rings. The number of aromatic nitrogens is 1. The zero-order valence-electron chi connectivity index (χ0n) is 11.3. The number of amides is 1. The van der Waals surface area contributed by atoms with Crippen molar-refractivity contribution in [3.63, 3.8) is 0 Å². The third-order valence-electron chi connectivity index (χ3n) is 2.92. The number of nitrogens with one attached hydrogen (secondary N) is 1. The molecule has 0 saturated carbocycles. The lowest BCUT2D eigenvalue weighted by atomic mass is 10.1. The first-order valence-corrected chi connectivity index (χ1v) is 6.95. The molecule has 5 heteroatoms. The van der Waals surface area contributed by atoms with Crippen molar-refractivity contribution in [2.75, 3.05) is 7.11 Å². The maximum absolute atomic E-state index is 12.2. The zero-order chi connectivity index (χ0) is 14.5. The molecule has 0 bridgehead atoms.